The fourth-order valence-corrected chi connectivity index (χ4v) is 3.96. The van der Waals surface area contributed by atoms with Crippen LogP contribution in [0.5, 0.6) is 0 Å². The van der Waals surface area contributed by atoms with Crippen LogP contribution < -0.4 is 5.32 Å². The summed E-state index contributed by atoms with van der Waals surface area (Å²) >= 11 is 0. The van der Waals surface area contributed by atoms with Crippen molar-refractivity contribution < 1.29 is 0 Å². The fourth-order valence-electron chi connectivity index (χ4n) is 3.96. The minimum absolute atomic E-state index is 0.371. The van der Waals surface area contributed by atoms with Gasteiger partial charge < -0.3 is 5.32 Å². The third-order valence-electron chi connectivity index (χ3n) is 5.11. The van der Waals surface area contributed by atoms with E-state index in [0.717, 1.165) is 12.5 Å². The summed E-state index contributed by atoms with van der Waals surface area (Å²) in [5.74, 6) is 0.750. The maximum absolute atomic E-state index is 3.62. The van der Waals surface area contributed by atoms with Crippen LogP contribution in [0.2, 0.25) is 0 Å². The molecule has 2 atom stereocenters. The molecule has 1 fully saturated rings. The van der Waals surface area contributed by atoms with Crippen molar-refractivity contribution in [3.8, 4) is 0 Å². The summed E-state index contributed by atoms with van der Waals surface area (Å²) in [7, 11) is 0. The number of rotatable bonds is 5. The molecule has 1 heteroatoms. The Morgan fingerprint density at radius 2 is 1.78 bits per heavy atom. The van der Waals surface area contributed by atoms with Gasteiger partial charge in [-0.3, -0.25) is 0 Å². The van der Waals surface area contributed by atoms with E-state index in [4.69, 9.17) is 0 Å². The Kier molecular flexibility index (Phi) is 3.55. The van der Waals surface area contributed by atoms with Crippen LogP contribution in [-0.4, -0.2) is 12.6 Å². The van der Waals surface area contributed by atoms with Crippen molar-refractivity contribution in [3.05, 3.63) is 35.9 Å². The summed E-state index contributed by atoms with van der Waals surface area (Å²) in [5, 5.41) is 3.62. The highest BCUT2D eigenvalue weighted by molar-refractivity contribution is 5.40. The molecule has 0 bridgehead atoms. The molecule has 100 valence electrons. The summed E-state index contributed by atoms with van der Waals surface area (Å²) in [4.78, 5) is 0. The third kappa shape index (κ3) is 1.89. The Bertz CT molecular complexity index is 393. The molecule has 0 aromatic heterocycles. The number of nitrogens with one attached hydrogen (secondary N) is 1. The van der Waals surface area contributed by atoms with Crippen molar-refractivity contribution in [1.82, 2.24) is 5.32 Å². The van der Waals surface area contributed by atoms with Gasteiger partial charge in [-0.15, -0.1) is 0 Å². The van der Waals surface area contributed by atoms with Gasteiger partial charge in [0.25, 0.3) is 0 Å². The van der Waals surface area contributed by atoms with E-state index in [2.05, 4.69) is 70.3 Å². The van der Waals surface area contributed by atoms with E-state index in [1.54, 1.807) is 0 Å². The molecule has 1 aromatic rings. The van der Waals surface area contributed by atoms with Crippen molar-refractivity contribution in [2.75, 3.05) is 6.54 Å². The largest absolute Gasteiger partial charge is 0.314 e. The van der Waals surface area contributed by atoms with E-state index in [1.807, 2.05) is 0 Å². The molecule has 2 unspecified atom stereocenters. The van der Waals surface area contributed by atoms with Gasteiger partial charge in [-0.2, -0.15) is 0 Å². The first kappa shape index (κ1) is 13.6. The fraction of sp³-hybridized carbons (Fsp3) is 0.647. The SMILES string of the molecule is CCC1(c2ccccc2)C(CNC(C)C)C1(C)C. The highest BCUT2D eigenvalue weighted by atomic mass is 14.9. The van der Waals surface area contributed by atoms with Crippen molar-refractivity contribution >= 4 is 0 Å². The van der Waals surface area contributed by atoms with Crippen molar-refractivity contribution in [3.63, 3.8) is 0 Å². The van der Waals surface area contributed by atoms with Crippen molar-refractivity contribution in [2.24, 2.45) is 11.3 Å². The van der Waals surface area contributed by atoms with E-state index in [9.17, 15) is 0 Å². The highest BCUT2D eigenvalue weighted by Crippen LogP contribution is 2.70. The van der Waals surface area contributed by atoms with Gasteiger partial charge in [0.15, 0.2) is 0 Å². The molecule has 1 saturated carbocycles. The highest BCUT2D eigenvalue weighted by Gasteiger charge is 2.69. The Morgan fingerprint density at radius 3 is 2.28 bits per heavy atom. The Morgan fingerprint density at radius 1 is 1.17 bits per heavy atom. The van der Waals surface area contributed by atoms with E-state index in [-0.39, 0.29) is 0 Å². The van der Waals surface area contributed by atoms with Gasteiger partial charge in [0.05, 0.1) is 0 Å². The second kappa shape index (κ2) is 4.70. The maximum atomic E-state index is 3.62. The molecule has 2 rings (SSSR count). The first-order valence-corrected chi connectivity index (χ1v) is 7.25. The summed E-state index contributed by atoms with van der Waals surface area (Å²) in [6, 6.07) is 11.7. The third-order valence-corrected chi connectivity index (χ3v) is 5.11. The Labute approximate surface area is 112 Å². The van der Waals surface area contributed by atoms with E-state index in [0.29, 0.717) is 16.9 Å². The van der Waals surface area contributed by atoms with Gasteiger partial charge in [0.1, 0.15) is 0 Å². The molecule has 1 aliphatic carbocycles. The summed E-state index contributed by atoms with van der Waals surface area (Å²) in [6.07, 6.45) is 1.23. The standard InChI is InChI=1S/C17H27N/c1-6-17(14-10-8-7-9-11-14)15(16(17,4)5)12-18-13(2)3/h7-11,13,15,18H,6,12H2,1-5H3. The zero-order chi connectivity index (χ0) is 13.4. The van der Waals surface area contributed by atoms with Crippen LogP contribution in [0.4, 0.5) is 0 Å². The molecule has 0 aliphatic heterocycles. The van der Waals surface area contributed by atoms with Gasteiger partial charge in [-0.05, 0) is 29.9 Å². The molecule has 18 heavy (non-hydrogen) atoms. The van der Waals surface area contributed by atoms with Crippen LogP contribution in [0.25, 0.3) is 0 Å². The van der Waals surface area contributed by atoms with Gasteiger partial charge in [-0.25, -0.2) is 0 Å². The number of hydrogen-bond donors (Lipinski definition) is 1. The topological polar surface area (TPSA) is 12.0 Å². The van der Waals surface area contributed by atoms with Crippen LogP contribution in [0.3, 0.4) is 0 Å². The molecule has 0 radical (unpaired) electrons. The lowest BCUT2D eigenvalue weighted by Crippen LogP contribution is -2.27. The molecule has 1 N–H and O–H groups in total. The van der Waals surface area contributed by atoms with Crippen LogP contribution >= 0.6 is 0 Å². The molecule has 0 heterocycles. The van der Waals surface area contributed by atoms with Crippen molar-refractivity contribution in [2.45, 2.75) is 52.5 Å². The average Bonchev–Trinajstić information content (AvgIpc) is 2.84. The van der Waals surface area contributed by atoms with Crippen molar-refractivity contribution in [1.29, 1.82) is 0 Å². The molecular formula is C17H27N. The molecule has 0 saturated heterocycles. The number of hydrogen-bond acceptors (Lipinski definition) is 1. The first-order valence-electron chi connectivity index (χ1n) is 7.25. The molecule has 1 nitrogen and oxygen atoms in total. The van der Waals surface area contributed by atoms with Crippen LogP contribution in [0.15, 0.2) is 30.3 Å². The second-order valence-electron chi connectivity index (χ2n) is 6.53. The minimum Gasteiger partial charge on any atom is -0.314 e. The number of benzene rings is 1. The molecule has 1 aliphatic rings. The second-order valence-corrected chi connectivity index (χ2v) is 6.53. The molecule has 0 amide bonds. The van der Waals surface area contributed by atoms with E-state index < -0.39 is 0 Å². The zero-order valence-electron chi connectivity index (χ0n) is 12.5. The Hall–Kier alpha value is -0.820. The predicted octanol–water partition coefficient (Wildman–Crippen LogP) is 3.99. The van der Waals surface area contributed by atoms with E-state index in [1.165, 1.54) is 12.0 Å². The predicted molar refractivity (Wildman–Crippen MR) is 78.8 cm³/mol. The summed E-state index contributed by atoms with van der Waals surface area (Å²) < 4.78 is 0. The van der Waals surface area contributed by atoms with Gasteiger partial charge in [0.2, 0.25) is 0 Å². The monoisotopic (exact) mass is 245 g/mol. The average molecular weight is 245 g/mol. The zero-order valence-corrected chi connectivity index (χ0v) is 12.5. The van der Waals surface area contributed by atoms with Crippen LogP contribution in [-0.2, 0) is 5.41 Å². The smallest absolute Gasteiger partial charge is 0.00506 e. The lowest BCUT2D eigenvalue weighted by molar-refractivity contribution is 0.479. The van der Waals surface area contributed by atoms with Gasteiger partial charge in [0, 0.05) is 11.5 Å². The minimum atomic E-state index is 0.371. The maximum Gasteiger partial charge on any atom is 0.00506 e. The van der Waals surface area contributed by atoms with Crippen LogP contribution in [0, 0.1) is 11.3 Å². The molecule has 1 aromatic carbocycles. The van der Waals surface area contributed by atoms with E-state index >= 15 is 0 Å². The first-order chi connectivity index (χ1) is 8.46. The van der Waals surface area contributed by atoms with Gasteiger partial charge in [-0.1, -0.05) is 65.0 Å². The van der Waals surface area contributed by atoms with Gasteiger partial charge >= 0.3 is 0 Å². The van der Waals surface area contributed by atoms with Crippen LogP contribution in [0.1, 0.15) is 46.6 Å². The lowest BCUT2D eigenvalue weighted by atomic mass is 9.85. The molecule has 0 spiro atoms. The lowest BCUT2D eigenvalue weighted by Gasteiger charge is -2.19. The summed E-state index contributed by atoms with van der Waals surface area (Å²) in [5.41, 5.74) is 2.30. The normalized spacial score (nSPS) is 29.6. The molecular weight excluding hydrogens is 218 g/mol. The summed E-state index contributed by atoms with van der Waals surface area (Å²) in [6.45, 7) is 12.8. The Balaban J connectivity index is 2.23. The quantitative estimate of drug-likeness (QED) is 0.827.